The van der Waals surface area contributed by atoms with Gasteiger partial charge in [0.25, 0.3) is 0 Å². The Labute approximate surface area is 144 Å². The number of carbonyl (C=O) groups excluding carboxylic acids is 1. The number of amides is 1. The van der Waals surface area contributed by atoms with E-state index in [-0.39, 0.29) is 11.7 Å². The van der Waals surface area contributed by atoms with Crippen molar-refractivity contribution >= 4 is 5.91 Å². The molecule has 1 amide bonds. The maximum atomic E-state index is 14.1. The third-order valence-corrected chi connectivity index (χ3v) is 4.75. The zero-order chi connectivity index (χ0) is 17.5. The third-order valence-electron chi connectivity index (χ3n) is 4.75. The van der Waals surface area contributed by atoms with Crippen LogP contribution in [-0.4, -0.2) is 74.6 Å². The molecule has 2 heterocycles. The number of piperazine rings is 1. The molecule has 0 radical (unpaired) electrons. The Bertz CT molecular complexity index is 501. The number of rotatable bonds is 7. The lowest BCUT2D eigenvalue weighted by Crippen LogP contribution is -2.57. The van der Waals surface area contributed by atoms with Crippen molar-refractivity contribution in [2.24, 2.45) is 5.92 Å². The molecule has 1 unspecified atom stereocenters. The molecule has 5 nitrogen and oxygen atoms in total. The van der Waals surface area contributed by atoms with Gasteiger partial charge in [-0.25, -0.2) is 4.39 Å². The molecule has 2 saturated heterocycles. The molecule has 24 heavy (non-hydrogen) atoms. The van der Waals surface area contributed by atoms with Gasteiger partial charge in [0.15, 0.2) is 0 Å². The molecular weight excluding hydrogens is 307 g/mol. The van der Waals surface area contributed by atoms with Gasteiger partial charge in [-0.1, -0.05) is 24.8 Å². The molecule has 0 bridgehead atoms. The number of nitrogens with one attached hydrogen (secondary N) is 2. The minimum atomic E-state index is -0.594. The zero-order valence-electron chi connectivity index (χ0n) is 14.7. The fraction of sp³-hybridized carbons (Fsp3) is 0.611. The highest BCUT2D eigenvalue weighted by molar-refractivity contribution is 5.85. The van der Waals surface area contributed by atoms with E-state index in [9.17, 15) is 9.18 Å². The molecule has 134 valence electrons. The van der Waals surface area contributed by atoms with Crippen LogP contribution in [0.1, 0.15) is 6.92 Å². The highest BCUT2D eigenvalue weighted by Crippen LogP contribution is 2.20. The first kappa shape index (κ1) is 18.8. The Hall–Kier alpha value is -1.50. The minimum absolute atomic E-state index is 0.174. The SMILES string of the molecule is C=C/C=C\C(=C(/C)F)C(C(=O)NC)N1CCN(CC2CNC2)CC1. The largest absolute Gasteiger partial charge is 0.358 e. The molecule has 2 aliphatic rings. The van der Waals surface area contributed by atoms with Crippen molar-refractivity contribution in [2.45, 2.75) is 13.0 Å². The Morgan fingerprint density at radius 2 is 2.04 bits per heavy atom. The zero-order valence-corrected chi connectivity index (χ0v) is 14.7. The summed E-state index contributed by atoms with van der Waals surface area (Å²) in [5.74, 6) is 0.238. The van der Waals surface area contributed by atoms with E-state index in [4.69, 9.17) is 0 Å². The van der Waals surface area contributed by atoms with Crippen molar-refractivity contribution in [1.82, 2.24) is 20.4 Å². The lowest BCUT2D eigenvalue weighted by atomic mass is 10.0. The number of likely N-dealkylation sites (N-methyl/N-ethyl adjacent to an activating group) is 1. The van der Waals surface area contributed by atoms with Crippen LogP contribution in [0.2, 0.25) is 0 Å². The fourth-order valence-corrected chi connectivity index (χ4v) is 3.25. The van der Waals surface area contributed by atoms with Crippen LogP contribution in [0.4, 0.5) is 4.39 Å². The van der Waals surface area contributed by atoms with E-state index < -0.39 is 6.04 Å². The molecule has 0 aromatic heterocycles. The average Bonchev–Trinajstić information content (AvgIpc) is 2.54. The first-order valence-corrected chi connectivity index (χ1v) is 8.61. The molecule has 2 rings (SSSR count). The van der Waals surface area contributed by atoms with E-state index in [2.05, 4.69) is 27.0 Å². The van der Waals surface area contributed by atoms with Crippen LogP contribution in [0.5, 0.6) is 0 Å². The topological polar surface area (TPSA) is 47.6 Å². The molecular formula is C18H29FN4O. The summed E-state index contributed by atoms with van der Waals surface area (Å²) in [4.78, 5) is 16.9. The van der Waals surface area contributed by atoms with Crippen LogP contribution in [0.25, 0.3) is 0 Å². The van der Waals surface area contributed by atoms with Crippen molar-refractivity contribution in [1.29, 1.82) is 0 Å². The van der Waals surface area contributed by atoms with Gasteiger partial charge in [-0.2, -0.15) is 0 Å². The summed E-state index contributed by atoms with van der Waals surface area (Å²) >= 11 is 0. The highest BCUT2D eigenvalue weighted by Gasteiger charge is 2.32. The van der Waals surface area contributed by atoms with Crippen LogP contribution >= 0.6 is 0 Å². The summed E-state index contributed by atoms with van der Waals surface area (Å²) in [7, 11) is 1.59. The quantitative estimate of drug-likeness (QED) is 0.679. The van der Waals surface area contributed by atoms with E-state index in [0.29, 0.717) is 5.57 Å². The molecule has 1 atom stereocenters. The molecule has 0 aliphatic carbocycles. The van der Waals surface area contributed by atoms with Gasteiger partial charge in [0, 0.05) is 58.4 Å². The van der Waals surface area contributed by atoms with E-state index >= 15 is 0 Å². The number of halogens is 1. The Kier molecular flexibility index (Phi) is 7.15. The van der Waals surface area contributed by atoms with Crippen molar-refractivity contribution in [3.8, 4) is 0 Å². The Balaban J connectivity index is 2.05. The maximum Gasteiger partial charge on any atom is 0.241 e. The lowest BCUT2D eigenvalue weighted by molar-refractivity contribution is -0.125. The van der Waals surface area contributed by atoms with E-state index in [1.807, 2.05) is 0 Å². The predicted molar refractivity (Wildman–Crippen MR) is 95.4 cm³/mol. The fourth-order valence-electron chi connectivity index (χ4n) is 3.25. The summed E-state index contributed by atoms with van der Waals surface area (Å²) in [5, 5.41) is 5.97. The van der Waals surface area contributed by atoms with Gasteiger partial charge >= 0.3 is 0 Å². The number of hydrogen-bond donors (Lipinski definition) is 2. The first-order valence-electron chi connectivity index (χ1n) is 8.61. The van der Waals surface area contributed by atoms with Crippen molar-refractivity contribution in [3.05, 3.63) is 36.2 Å². The van der Waals surface area contributed by atoms with E-state index in [1.54, 1.807) is 25.3 Å². The van der Waals surface area contributed by atoms with Gasteiger partial charge in [0.2, 0.25) is 5.91 Å². The summed E-state index contributed by atoms with van der Waals surface area (Å²) in [6.45, 7) is 11.7. The molecule has 2 aliphatic heterocycles. The standard InChI is InChI=1S/C18H29FN4O/c1-4-5-6-16(14(2)19)17(18(24)20-3)23-9-7-22(8-10-23)13-15-11-21-12-15/h4-6,15,17,21H,1,7-13H2,2-3H3,(H,20,24)/b6-5-,16-14-. The lowest BCUT2D eigenvalue weighted by Gasteiger charge is -2.41. The van der Waals surface area contributed by atoms with Gasteiger partial charge in [-0.3, -0.25) is 9.69 Å². The summed E-state index contributed by atoms with van der Waals surface area (Å²) < 4.78 is 14.1. The molecule has 0 saturated carbocycles. The smallest absolute Gasteiger partial charge is 0.241 e. The second kappa shape index (κ2) is 9.11. The first-order chi connectivity index (χ1) is 11.6. The second-order valence-electron chi connectivity index (χ2n) is 6.46. The third kappa shape index (κ3) is 4.75. The normalized spacial score (nSPS) is 22.8. The van der Waals surface area contributed by atoms with Gasteiger partial charge in [-0.15, -0.1) is 0 Å². The second-order valence-corrected chi connectivity index (χ2v) is 6.46. The summed E-state index contributed by atoms with van der Waals surface area (Å²) in [5.41, 5.74) is 0.408. The van der Waals surface area contributed by atoms with Crippen LogP contribution in [0.15, 0.2) is 36.2 Å². The molecule has 2 N–H and O–H groups in total. The van der Waals surface area contributed by atoms with Crippen LogP contribution in [-0.2, 0) is 4.79 Å². The van der Waals surface area contributed by atoms with Gasteiger partial charge in [0.05, 0.1) is 0 Å². The van der Waals surface area contributed by atoms with E-state index in [1.165, 1.54) is 6.92 Å². The van der Waals surface area contributed by atoms with Crippen molar-refractivity contribution in [3.63, 3.8) is 0 Å². The van der Waals surface area contributed by atoms with Crippen molar-refractivity contribution < 1.29 is 9.18 Å². The van der Waals surface area contributed by atoms with Gasteiger partial charge < -0.3 is 15.5 Å². The molecule has 6 heteroatoms. The van der Waals surface area contributed by atoms with Crippen LogP contribution < -0.4 is 10.6 Å². The van der Waals surface area contributed by atoms with Crippen LogP contribution in [0.3, 0.4) is 0 Å². The van der Waals surface area contributed by atoms with Crippen molar-refractivity contribution in [2.75, 3.05) is 52.9 Å². The molecule has 0 spiro atoms. The van der Waals surface area contributed by atoms with E-state index in [0.717, 1.165) is 51.7 Å². The number of hydrogen-bond acceptors (Lipinski definition) is 4. The predicted octanol–water partition coefficient (Wildman–Crippen LogP) is 0.924. The Morgan fingerprint density at radius 1 is 1.38 bits per heavy atom. The number of carbonyl (C=O) groups is 1. The monoisotopic (exact) mass is 336 g/mol. The number of nitrogens with zero attached hydrogens (tertiary/aromatic N) is 2. The van der Waals surface area contributed by atoms with Crippen LogP contribution in [0, 0.1) is 5.92 Å². The summed E-state index contributed by atoms with van der Waals surface area (Å²) in [6.07, 6.45) is 4.91. The number of allylic oxidation sites excluding steroid dienone is 3. The minimum Gasteiger partial charge on any atom is -0.358 e. The molecule has 0 aromatic carbocycles. The van der Waals surface area contributed by atoms with Gasteiger partial charge in [-0.05, 0) is 12.8 Å². The summed E-state index contributed by atoms with van der Waals surface area (Å²) in [6, 6.07) is -0.594. The maximum absolute atomic E-state index is 14.1. The highest BCUT2D eigenvalue weighted by atomic mass is 19.1. The molecule has 0 aromatic rings. The average molecular weight is 336 g/mol. The molecule has 2 fully saturated rings. The Morgan fingerprint density at radius 3 is 2.50 bits per heavy atom. The van der Waals surface area contributed by atoms with Gasteiger partial charge in [0.1, 0.15) is 11.9 Å².